The Labute approximate surface area is 139 Å². The van der Waals surface area contributed by atoms with Crippen LogP contribution in [0.25, 0.3) is 4.96 Å². The third-order valence-electron chi connectivity index (χ3n) is 4.48. The van der Waals surface area contributed by atoms with Crippen LogP contribution in [0.5, 0.6) is 0 Å². The highest BCUT2D eigenvalue weighted by atomic mass is 32.1. The van der Waals surface area contributed by atoms with Gasteiger partial charge in [0.05, 0.1) is 18.2 Å². The number of aromatic nitrogens is 5. The molecule has 4 heterocycles. The van der Waals surface area contributed by atoms with Crippen LogP contribution in [0.4, 0.5) is 5.13 Å². The van der Waals surface area contributed by atoms with E-state index in [4.69, 9.17) is 10.1 Å². The number of fused-ring (bicyclic) bond motifs is 1. The van der Waals surface area contributed by atoms with Crippen molar-refractivity contribution in [3.63, 3.8) is 0 Å². The van der Waals surface area contributed by atoms with E-state index in [9.17, 15) is 0 Å². The molecular weight excluding hydrogens is 308 g/mol. The Balaban J connectivity index is 1.49. The van der Waals surface area contributed by atoms with Crippen LogP contribution in [-0.4, -0.2) is 37.2 Å². The van der Waals surface area contributed by atoms with Gasteiger partial charge in [0.1, 0.15) is 0 Å². The van der Waals surface area contributed by atoms with Gasteiger partial charge in [-0.25, -0.2) is 14.5 Å². The molecule has 0 atom stereocenters. The number of imidazole rings is 2. The fraction of sp³-hybridized carbons (Fsp3) is 0.562. The Hall–Kier alpha value is -1.89. The highest BCUT2D eigenvalue weighted by Crippen LogP contribution is 2.31. The third-order valence-corrected chi connectivity index (χ3v) is 5.47. The van der Waals surface area contributed by atoms with E-state index in [1.807, 2.05) is 17.0 Å². The fourth-order valence-corrected chi connectivity index (χ4v) is 3.95. The minimum absolute atomic E-state index is 0.0662. The summed E-state index contributed by atoms with van der Waals surface area (Å²) < 4.78 is 4.16. The number of piperidine rings is 1. The molecule has 4 rings (SSSR count). The summed E-state index contributed by atoms with van der Waals surface area (Å²) in [5, 5.41) is 5.82. The van der Waals surface area contributed by atoms with Gasteiger partial charge in [-0.3, -0.25) is 0 Å². The summed E-state index contributed by atoms with van der Waals surface area (Å²) in [4.78, 5) is 12.3. The highest BCUT2D eigenvalue weighted by Gasteiger charge is 2.24. The predicted octanol–water partition coefficient (Wildman–Crippen LogP) is 3.13. The second-order valence-corrected chi connectivity index (χ2v) is 8.15. The lowest BCUT2D eigenvalue weighted by Crippen LogP contribution is -2.34. The molecule has 0 unspecified atom stereocenters. The molecule has 0 amide bonds. The molecule has 0 aromatic carbocycles. The summed E-state index contributed by atoms with van der Waals surface area (Å²) in [6.45, 7) is 8.61. The van der Waals surface area contributed by atoms with Crippen molar-refractivity contribution in [3.05, 3.63) is 30.6 Å². The van der Waals surface area contributed by atoms with Crippen molar-refractivity contribution in [2.45, 2.75) is 45.1 Å². The molecule has 1 aliphatic rings. The number of nitrogens with zero attached hydrogens (tertiary/aromatic N) is 6. The average molecular weight is 330 g/mol. The van der Waals surface area contributed by atoms with Crippen LogP contribution in [0.3, 0.4) is 0 Å². The second kappa shape index (κ2) is 5.33. The molecule has 1 fully saturated rings. The second-order valence-electron chi connectivity index (χ2n) is 7.22. The normalized spacial score (nSPS) is 17.3. The monoisotopic (exact) mass is 330 g/mol. The maximum absolute atomic E-state index is 4.74. The van der Waals surface area contributed by atoms with Gasteiger partial charge in [-0.15, -0.1) is 5.10 Å². The van der Waals surface area contributed by atoms with Crippen LogP contribution < -0.4 is 4.90 Å². The highest BCUT2D eigenvalue weighted by molar-refractivity contribution is 7.20. The molecule has 3 aromatic rings. The van der Waals surface area contributed by atoms with E-state index in [1.165, 1.54) is 0 Å². The minimum atomic E-state index is 0.0662. The van der Waals surface area contributed by atoms with Gasteiger partial charge in [0.25, 0.3) is 0 Å². The Kier molecular flexibility index (Phi) is 3.41. The predicted molar refractivity (Wildman–Crippen MR) is 92.3 cm³/mol. The molecule has 3 aromatic heterocycles. The first-order valence-corrected chi connectivity index (χ1v) is 8.91. The summed E-state index contributed by atoms with van der Waals surface area (Å²) in [6, 6.07) is 0.560. The lowest BCUT2D eigenvalue weighted by Gasteiger charge is -2.31. The van der Waals surface area contributed by atoms with Crippen molar-refractivity contribution >= 4 is 21.4 Å². The van der Waals surface area contributed by atoms with Gasteiger partial charge in [-0.1, -0.05) is 32.1 Å². The van der Waals surface area contributed by atoms with Crippen molar-refractivity contribution in [1.29, 1.82) is 0 Å². The van der Waals surface area contributed by atoms with Crippen molar-refractivity contribution in [2.75, 3.05) is 18.0 Å². The molecule has 0 aliphatic carbocycles. The van der Waals surface area contributed by atoms with Gasteiger partial charge in [0.2, 0.25) is 10.1 Å². The van der Waals surface area contributed by atoms with Gasteiger partial charge < -0.3 is 9.47 Å². The zero-order chi connectivity index (χ0) is 16.0. The summed E-state index contributed by atoms with van der Waals surface area (Å²) >= 11 is 1.69. The Morgan fingerprint density at radius 3 is 2.61 bits per heavy atom. The molecule has 0 radical (unpaired) electrons. The van der Waals surface area contributed by atoms with E-state index < -0.39 is 0 Å². The molecule has 0 saturated carbocycles. The number of anilines is 1. The first kappa shape index (κ1) is 14.7. The van der Waals surface area contributed by atoms with E-state index >= 15 is 0 Å². The molecule has 0 spiro atoms. The molecule has 0 N–H and O–H groups in total. The Morgan fingerprint density at radius 2 is 2.00 bits per heavy atom. The van der Waals surface area contributed by atoms with Gasteiger partial charge in [0, 0.05) is 36.9 Å². The molecule has 6 nitrogen and oxygen atoms in total. The van der Waals surface area contributed by atoms with Crippen LogP contribution in [0, 0.1) is 0 Å². The van der Waals surface area contributed by atoms with Gasteiger partial charge in [0.15, 0.2) is 0 Å². The van der Waals surface area contributed by atoms with Crippen LogP contribution in [-0.2, 0) is 5.41 Å². The Morgan fingerprint density at radius 1 is 1.22 bits per heavy atom. The zero-order valence-corrected chi connectivity index (χ0v) is 14.6. The smallest absolute Gasteiger partial charge is 0.214 e. The molecule has 23 heavy (non-hydrogen) atoms. The quantitative estimate of drug-likeness (QED) is 0.724. The Bertz CT molecular complexity index is 755. The van der Waals surface area contributed by atoms with Crippen LogP contribution >= 0.6 is 11.3 Å². The fourth-order valence-electron chi connectivity index (χ4n) is 3.02. The van der Waals surface area contributed by atoms with Crippen LogP contribution in [0.2, 0.25) is 0 Å². The minimum Gasteiger partial charge on any atom is -0.347 e. The van der Waals surface area contributed by atoms with Crippen LogP contribution in [0.1, 0.15) is 45.3 Å². The largest absolute Gasteiger partial charge is 0.347 e. The van der Waals surface area contributed by atoms with Crippen molar-refractivity contribution < 1.29 is 0 Å². The summed E-state index contributed by atoms with van der Waals surface area (Å²) in [7, 11) is 0. The number of hydrogen-bond acceptors (Lipinski definition) is 5. The number of rotatable bonds is 2. The van der Waals surface area contributed by atoms with E-state index in [1.54, 1.807) is 11.3 Å². The zero-order valence-electron chi connectivity index (χ0n) is 13.8. The van der Waals surface area contributed by atoms with Crippen LogP contribution in [0.15, 0.2) is 24.9 Å². The molecule has 0 bridgehead atoms. The van der Waals surface area contributed by atoms with E-state index in [0.29, 0.717) is 6.04 Å². The standard InChI is InChI=1S/C16H22N6S/c1-16(2,3)13-10-22-14(18-13)23-15(19-22)20-7-4-12(5-8-20)21-9-6-17-11-21/h6,9-12H,4-5,7-8H2,1-3H3. The summed E-state index contributed by atoms with van der Waals surface area (Å²) in [5.41, 5.74) is 1.16. The lowest BCUT2D eigenvalue weighted by atomic mass is 9.93. The lowest BCUT2D eigenvalue weighted by molar-refractivity contribution is 0.395. The van der Waals surface area contributed by atoms with E-state index in [-0.39, 0.29) is 5.41 Å². The molecule has 122 valence electrons. The van der Waals surface area contributed by atoms with Crippen molar-refractivity contribution in [2.24, 2.45) is 0 Å². The molecular formula is C16H22N6S. The topological polar surface area (TPSA) is 51.2 Å². The van der Waals surface area contributed by atoms with Gasteiger partial charge in [-0.05, 0) is 12.8 Å². The first-order valence-electron chi connectivity index (χ1n) is 8.10. The van der Waals surface area contributed by atoms with Gasteiger partial charge in [-0.2, -0.15) is 0 Å². The van der Waals surface area contributed by atoms with E-state index in [2.05, 4.69) is 47.6 Å². The third kappa shape index (κ3) is 2.73. The maximum Gasteiger partial charge on any atom is 0.214 e. The SMILES string of the molecule is CC(C)(C)c1cn2nc(N3CCC(n4ccnc4)CC3)sc2n1. The van der Waals surface area contributed by atoms with Crippen molar-refractivity contribution in [1.82, 2.24) is 24.1 Å². The van der Waals surface area contributed by atoms with Crippen molar-refractivity contribution in [3.8, 4) is 0 Å². The molecule has 1 aliphatic heterocycles. The summed E-state index contributed by atoms with van der Waals surface area (Å²) in [5.74, 6) is 0. The maximum atomic E-state index is 4.74. The number of hydrogen-bond donors (Lipinski definition) is 0. The van der Waals surface area contributed by atoms with Gasteiger partial charge >= 0.3 is 0 Å². The van der Waals surface area contributed by atoms with E-state index in [0.717, 1.165) is 41.7 Å². The molecule has 7 heteroatoms. The summed E-state index contributed by atoms with van der Waals surface area (Å²) in [6.07, 6.45) is 10.2. The average Bonchev–Trinajstić information content (AvgIpc) is 3.22. The molecule has 1 saturated heterocycles. The first-order chi connectivity index (χ1) is 11.0.